The molecule has 2 rings (SSSR count). The molecule has 3 heteroatoms. The summed E-state index contributed by atoms with van der Waals surface area (Å²) in [6.45, 7) is 6.72. The molecule has 1 aromatic carbocycles. The highest BCUT2D eigenvalue weighted by Gasteiger charge is 2.29. The van der Waals surface area contributed by atoms with Crippen LogP contribution in [0.5, 0.6) is 0 Å². The van der Waals surface area contributed by atoms with E-state index in [0.717, 1.165) is 5.02 Å². The molecule has 1 aromatic rings. The zero-order valence-electron chi connectivity index (χ0n) is 12.4. The molecule has 0 spiro atoms. The summed E-state index contributed by atoms with van der Waals surface area (Å²) in [7, 11) is 1.96. The van der Waals surface area contributed by atoms with Gasteiger partial charge in [-0.2, -0.15) is 0 Å². The van der Waals surface area contributed by atoms with E-state index in [1.54, 1.807) is 0 Å². The maximum atomic E-state index is 6.45. The second kappa shape index (κ2) is 6.15. The largest absolute Gasteiger partial charge is 0.366 e. The summed E-state index contributed by atoms with van der Waals surface area (Å²) >= 11 is 6.45. The summed E-state index contributed by atoms with van der Waals surface area (Å²) < 4.78 is 0. The van der Waals surface area contributed by atoms with Crippen molar-refractivity contribution in [2.75, 3.05) is 11.9 Å². The lowest BCUT2D eigenvalue weighted by atomic mass is 10.1. The molecule has 1 aliphatic heterocycles. The number of hydrogen-bond acceptors (Lipinski definition) is 2. The Kier molecular flexibility index (Phi) is 4.75. The first-order valence-electron chi connectivity index (χ1n) is 7.33. The molecule has 0 radical (unpaired) electrons. The van der Waals surface area contributed by atoms with Crippen molar-refractivity contribution in [1.82, 2.24) is 5.32 Å². The van der Waals surface area contributed by atoms with E-state index in [4.69, 9.17) is 11.6 Å². The van der Waals surface area contributed by atoms with Crippen LogP contribution in [0.2, 0.25) is 5.02 Å². The van der Waals surface area contributed by atoms with Crippen molar-refractivity contribution in [3.8, 4) is 0 Å². The van der Waals surface area contributed by atoms with Crippen LogP contribution < -0.4 is 10.2 Å². The van der Waals surface area contributed by atoms with Gasteiger partial charge in [0.05, 0.1) is 0 Å². The van der Waals surface area contributed by atoms with E-state index in [2.05, 4.69) is 49.2 Å². The van der Waals surface area contributed by atoms with Gasteiger partial charge in [-0.15, -0.1) is 0 Å². The summed E-state index contributed by atoms with van der Waals surface area (Å²) in [4.78, 5) is 2.54. The van der Waals surface area contributed by atoms with Crippen LogP contribution in [0.25, 0.3) is 0 Å². The molecular weight excluding hydrogens is 256 g/mol. The molecule has 0 aromatic heterocycles. The maximum absolute atomic E-state index is 6.45. The molecule has 19 heavy (non-hydrogen) atoms. The lowest BCUT2D eigenvalue weighted by Gasteiger charge is -2.31. The smallest absolute Gasteiger partial charge is 0.0474 e. The number of nitrogens with zero attached hydrogens (tertiary/aromatic N) is 1. The predicted octanol–water partition coefficient (Wildman–Crippen LogP) is 4.39. The van der Waals surface area contributed by atoms with Crippen LogP contribution in [0.1, 0.15) is 51.6 Å². The topological polar surface area (TPSA) is 15.3 Å². The van der Waals surface area contributed by atoms with E-state index in [-0.39, 0.29) is 0 Å². The highest BCUT2D eigenvalue weighted by atomic mass is 35.5. The van der Waals surface area contributed by atoms with Gasteiger partial charge in [-0.1, -0.05) is 24.6 Å². The maximum Gasteiger partial charge on any atom is 0.0474 e. The van der Waals surface area contributed by atoms with Gasteiger partial charge in [0.25, 0.3) is 0 Å². The second-order valence-corrected chi connectivity index (χ2v) is 6.02. The average Bonchev–Trinajstić information content (AvgIpc) is 2.78. The normalized spacial score (nSPS) is 24.8. The van der Waals surface area contributed by atoms with Crippen molar-refractivity contribution in [3.05, 3.63) is 28.8 Å². The molecule has 3 atom stereocenters. The quantitative estimate of drug-likeness (QED) is 0.880. The molecular formula is C16H25ClN2. The Morgan fingerprint density at radius 3 is 2.74 bits per heavy atom. The van der Waals surface area contributed by atoms with E-state index >= 15 is 0 Å². The van der Waals surface area contributed by atoms with Crippen molar-refractivity contribution < 1.29 is 0 Å². The Morgan fingerprint density at radius 1 is 1.42 bits per heavy atom. The molecule has 106 valence electrons. The van der Waals surface area contributed by atoms with Crippen LogP contribution in [-0.4, -0.2) is 19.1 Å². The third-order valence-corrected chi connectivity index (χ3v) is 4.77. The van der Waals surface area contributed by atoms with Crippen molar-refractivity contribution in [3.63, 3.8) is 0 Å². The van der Waals surface area contributed by atoms with Gasteiger partial charge in [0.15, 0.2) is 0 Å². The van der Waals surface area contributed by atoms with Gasteiger partial charge < -0.3 is 10.2 Å². The molecule has 1 N–H and O–H groups in total. The number of halogens is 1. The fraction of sp³-hybridized carbons (Fsp3) is 0.625. The van der Waals surface area contributed by atoms with E-state index in [1.165, 1.54) is 30.5 Å². The van der Waals surface area contributed by atoms with E-state index < -0.39 is 0 Å². The first kappa shape index (κ1) is 14.7. The fourth-order valence-electron chi connectivity index (χ4n) is 3.12. The van der Waals surface area contributed by atoms with Crippen LogP contribution in [0, 0.1) is 0 Å². The Morgan fingerprint density at radius 2 is 2.16 bits per heavy atom. The van der Waals surface area contributed by atoms with Crippen LogP contribution in [-0.2, 0) is 0 Å². The number of rotatable bonds is 4. The van der Waals surface area contributed by atoms with Crippen LogP contribution in [0.15, 0.2) is 18.2 Å². The summed E-state index contributed by atoms with van der Waals surface area (Å²) in [5.74, 6) is 0. The zero-order valence-corrected chi connectivity index (χ0v) is 13.2. The molecule has 0 saturated carbocycles. The number of nitrogens with one attached hydrogen (secondary N) is 1. The highest BCUT2D eigenvalue weighted by molar-refractivity contribution is 6.31. The van der Waals surface area contributed by atoms with Crippen molar-refractivity contribution in [1.29, 1.82) is 0 Å². The minimum atomic E-state index is 0.291. The lowest BCUT2D eigenvalue weighted by molar-refractivity contribution is 0.626. The SMILES string of the molecule is CCC1CCC(C)N1c1ccc(C(C)NC)c(Cl)c1. The standard InChI is InChI=1S/C16H25ClN2/c1-5-13-7-6-11(2)19(13)14-8-9-15(12(3)18-4)16(17)10-14/h8-13,18H,5-7H2,1-4H3. The van der Waals surface area contributed by atoms with Crippen molar-refractivity contribution >= 4 is 17.3 Å². The first-order chi connectivity index (χ1) is 9.08. The number of benzene rings is 1. The van der Waals surface area contributed by atoms with E-state index in [0.29, 0.717) is 18.1 Å². The minimum absolute atomic E-state index is 0.291. The molecule has 2 nitrogen and oxygen atoms in total. The molecule has 1 aliphatic rings. The van der Waals surface area contributed by atoms with Gasteiger partial charge in [-0.25, -0.2) is 0 Å². The van der Waals surface area contributed by atoms with E-state index in [9.17, 15) is 0 Å². The third kappa shape index (κ3) is 2.90. The predicted molar refractivity (Wildman–Crippen MR) is 84.2 cm³/mol. The molecule has 0 bridgehead atoms. The monoisotopic (exact) mass is 280 g/mol. The fourth-order valence-corrected chi connectivity index (χ4v) is 3.46. The summed E-state index contributed by atoms with van der Waals surface area (Å²) in [6, 6.07) is 8.09. The van der Waals surface area contributed by atoms with Crippen LogP contribution in [0.4, 0.5) is 5.69 Å². The van der Waals surface area contributed by atoms with Gasteiger partial charge in [-0.05, 0) is 57.9 Å². The van der Waals surface area contributed by atoms with E-state index in [1.807, 2.05) is 7.05 Å². The van der Waals surface area contributed by atoms with Crippen molar-refractivity contribution in [2.24, 2.45) is 0 Å². The third-order valence-electron chi connectivity index (χ3n) is 4.44. The molecule has 0 aliphatic carbocycles. The second-order valence-electron chi connectivity index (χ2n) is 5.61. The molecule has 3 unspecified atom stereocenters. The van der Waals surface area contributed by atoms with Gasteiger partial charge in [0, 0.05) is 28.8 Å². The lowest BCUT2D eigenvalue weighted by Crippen LogP contribution is -2.34. The van der Waals surface area contributed by atoms with Gasteiger partial charge in [0.1, 0.15) is 0 Å². The Balaban J connectivity index is 2.28. The van der Waals surface area contributed by atoms with Crippen molar-refractivity contribution in [2.45, 2.75) is 58.2 Å². The molecule has 0 amide bonds. The van der Waals surface area contributed by atoms with Gasteiger partial charge >= 0.3 is 0 Å². The molecule has 1 fully saturated rings. The van der Waals surface area contributed by atoms with Crippen LogP contribution in [0.3, 0.4) is 0 Å². The van der Waals surface area contributed by atoms with Gasteiger partial charge in [0.2, 0.25) is 0 Å². The minimum Gasteiger partial charge on any atom is -0.366 e. The molecule has 1 saturated heterocycles. The number of anilines is 1. The summed E-state index contributed by atoms with van der Waals surface area (Å²) in [5, 5.41) is 4.11. The average molecular weight is 281 g/mol. The Labute approximate surface area is 122 Å². The molecule has 1 heterocycles. The summed E-state index contributed by atoms with van der Waals surface area (Å²) in [6.07, 6.45) is 3.78. The first-order valence-corrected chi connectivity index (χ1v) is 7.71. The Hall–Kier alpha value is -0.730. The Bertz CT molecular complexity index is 433. The van der Waals surface area contributed by atoms with Gasteiger partial charge in [-0.3, -0.25) is 0 Å². The summed E-state index contributed by atoms with van der Waals surface area (Å²) in [5.41, 5.74) is 2.45. The highest BCUT2D eigenvalue weighted by Crippen LogP contribution is 2.35. The number of hydrogen-bond donors (Lipinski definition) is 1. The zero-order chi connectivity index (χ0) is 14.0. The van der Waals surface area contributed by atoms with Crippen LogP contribution >= 0.6 is 11.6 Å².